The number of carbonyl (C=O) groups excluding carboxylic acids is 1. The minimum Gasteiger partial charge on any atom is -0.379 e. The molecule has 0 saturated carbocycles. The number of benzene rings is 2. The average Bonchev–Trinajstić information content (AvgIpc) is 3.16. The Bertz CT molecular complexity index is 880. The van der Waals surface area contributed by atoms with Gasteiger partial charge in [0.15, 0.2) is 5.13 Å². The van der Waals surface area contributed by atoms with Crippen LogP contribution in [-0.4, -0.2) is 55.2 Å². The average molecular weight is 432 g/mol. The summed E-state index contributed by atoms with van der Waals surface area (Å²) in [6.07, 6.45) is 1.32. The highest BCUT2D eigenvalue weighted by atomic mass is 35.5. The number of rotatable bonds is 7. The van der Waals surface area contributed by atoms with Gasteiger partial charge in [-0.2, -0.15) is 0 Å². The first kappa shape index (κ1) is 21.7. The highest BCUT2D eigenvalue weighted by Gasteiger charge is 2.20. The van der Waals surface area contributed by atoms with E-state index in [4.69, 9.17) is 9.72 Å². The monoisotopic (exact) mass is 431 g/mol. The molecule has 1 aromatic heterocycles. The van der Waals surface area contributed by atoms with Gasteiger partial charge >= 0.3 is 0 Å². The van der Waals surface area contributed by atoms with Gasteiger partial charge in [0.05, 0.1) is 29.9 Å². The Morgan fingerprint density at radius 1 is 1.07 bits per heavy atom. The molecular formula is C22H26ClN3O2S. The molecule has 1 aliphatic rings. The third kappa shape index (κ3) is 5.76. The molecule has 1 aliphatic heterocycles. The van der Waals surface area contributed by atoms with Crippen molar-refractivity contribution in [3.63, 3.8) is 0 Å². The zero-order valence-electron chi connectivity index (χ0n) is 16.3. The van der Waals surface area contributed by atoms with E-state index in [1.807, 2.05) is 53.4 Å². The van der Waals surface area contributed by atoms with Gasteiger partial charge in [0.25, 0.3) is 0 Å². The Balaban J connectivity index is 0.00000240. The van der Waals surface area contributed by atoms with E-state index in [1.54, 1.807) is 11.3 Å². The number of hydrogen-bond donors (Lipinski definition) is 0. The number of para-hydroxylation sites is 1. The minimum atomic E-state index is 0. The van der Waals surface area contributed by atoms with E-state index in [1.165, 1.54) is 0 Å². The molecule has 7 heteroatoms. The Labute approximate surface area is 181 Å². The molecule has 0 radical (unpaired) electrons. The van der Waals surface area contributed by atoms with Gasteiger partial charge in [0, 0.05) is 26.2 Å². The Kier molecular flexibility index (Phi) is 8.00. The van der Waals surface area contributed by atoms with Gasteiger partial charge in [-0.1, -0.05) is 53.8 Å². The topological polar surface area (TPSA) is 45.7 Å². The zero-order valence-corrected chi connectivity index (χ0v) is 18.0. The maximum atomic E-state index is 13.1. The van der Waals surface area contributed by atoms with Crippen molar-refractivity contribution in [2.75, 3.05) is 44.3 Å². The number of halogens is 1. The molecule has 154 valence electrons. The molecule has 2 aromatic carbocycles. The number of aromatic nitrogens is 1. The van der Waals surface area contributed by atoms with E-state index in [0.717, 1.165) is 60.2 Å². The molecule has 29 heavy (non-hydrogen) atoms. The van der Waals surface area contributed by atoms with E-state index in [-0.39, 0.29) is 18.3 Å². The van der Waals surface area contributed by atoms with Crippen LogP contribution in [0.5, 0.6) is 0 Å². The summed E-state index contributed by atoms with van der Waals surface area (Å²) in [4.78, 5) is 22.1. The number of amides is 1. The quantitative estimate of drug-likeness (QED) is 0.567. The van der Waals surface area contributed by atoms with Crippen LogP contribution in [0.2, 0.25) is 0 Å². The Morgan fingerprint density at radius 2 is 1.79 bits per heavy atom. The van der Waals surface area contributed by atoms with E-state index in [9.17, 15) is 4.79 Å². The first-order chi connectivity index (χ1) is 13.8. The molecule has 2 heterocycles. The summed E-state index contributed by atoms with van der Waals surface area (Å²) in [5.41, 5.74) is 1.99. The lowest BCUT2D eigenvalue weighted by Gasteiger charge is -2.27. The van der Waals surface area contributed by atoms with Crippen molar-refractivity contribution < 1.29 is 9.53 Å². The van der Waals surface area contributed by atoms with Crippen molar-refractivity contribution in [2.45, 2.75) is 12.8 Å². The number of thiazole rings is 1. The standard InChI is InChI=1S/C22H25N3O2S.ClH/c26-21(17-18-7-2-1-3-8-18)25(12-6-11-24-13-15-27-16-14-24)22-23-19-9-4-5-10-20(19)28-22;/h1-5,7-10H,6,11-17H2;1H. The minimum absolute atomic E-state index is 0. The van der Waals surface area contributed by atoms with Crippen molar-refractivity contribution >= 4 is 45.0 Å². The van der Waals surface area contributed by atoms with Gasteiger partial charge < -0.3 is 4.74 Å². The number of morpholine rings is 1. The third-order valence-electron chi connectivity index (χ3n) is 4.97. The van der Waals surface area contributed by atoms with E-state index < -0.39 is 0 Å². The van der Waals surface area contributed by atoms with E-state index in [0.29, 0.717) is 13.0 Å². The molecule has 4 rings (SSSR count). The second-order valence-corrected chi connectivity index (χ2v) is 7.99. The van der Waals surface area contributed by atoms with Crippen LogP contribution in [0, 0.1) is 0 Å². The van der Waals surface area contributed by atoms with Crippen LogP contribution in [0.4, 0.5) is 5.13 Å². The molecule has 0 N–H and O–H groups in total. The molecule has 1 saturated heterocycles. The van der Waals surface area contributed by atoms with Gasteiger partial charge in [0.1, 0.15) is 0 Å². The summed E-state index contributed by atoms with van der Waals surface area (Å²) < 4.78 is 6.53. The van der Waals surface area contributed by atoms with Crippen LogP contribution >= 0.6 is 23.7 Å². The highest BCUT2D eigenvalue weighted by Crippen LogP contribution is 2.29. The fraction of sp³-hybridized carbons (Fsp3) is 0.364. The second kappa shape index (κ2) is 10.7. The smallest absolute Gasteiger partial charge is 0.233 e. The fourth-order valence-corrected chi connectivity index (χ4v) is 4.45. The Hall–Kier alpha value is -1.99. The van der Waals surface area contributed by atoms with Crippen molar-refractivity contribution in [1.82, 2.24) is 9.88 Å². The normalized spacial score (nSPS) is 14.5. The largest absolute Gasteiger partial charge is 0.379 e. The molecular weight excluding hydrogens is 406 g/mol. The molecule has 0 atom stereocenters. The summed E-state index contributed by atoms with van der Waals surface area (Å²) in [6, 6.07) is 18.0. The molecule has 3 aromatic rings. The first-order valence-electron chi connectivity index (χ1n) is 9.79. The first-order valence-corrected chi connectivity index (χ1v) is 10.6. The summed E-state index contributed by atoms with van der Waals surface area (Å²) in [5, 5.41) is 0.795. The van der Waals surface area contributed by atoms with Gasteiger partial charge in [-0.3, -0.25) is 14.6 Å². The summed E-state index contributed by atoms with van der Waals surface area (Å²) >= 11 is 1.59. The van der Waals surface area contributed by atoms with Crippen LogP contribution in [-0.2, 0) is 16.0 Å². The number of fused-ring (bicyclic) bond motifs is 1. The lowest BCUT2D eigenvalue weighted by molar-refractivity contribution is -0.118. The fourth-order valence-electron chi connectivity index (χ4n) is 3.45. The SMILES string of the molecule is Cl.O=C(Cc1ccccc1)N(CCCN1CCOCC1)c1nc2ccccc2s1. The number of carbonyl (C=O) groups is 1. The van der Waals surface area contributed by atoms with Crippen molar-refractivity contribution in [1.29, 1.82) is 0 Å². The number of hydrogen-bond acceptors (Lipinski definition) is 5. The number of anilines is 1. The van der Waals surface area contributed by atoms with E-state index in [2.05, 4.69) is 11.0 Å². The van der Waals surface area contributed by atoms with Gasteiger partial charge in [0.2, 0.25) is 5.91 Å². The van der Waals surface area contributed by atoms with Crippen molar-refractivity contribution in [2.24, 2.45) is 0 Å². The highest BCUT2D eigenvalue weighted by molar-refractivity contribution is 7.22. The molecule has 1 fully saturated rings. The van der Waals surface area contributed by atoms with E-state index >= 15 is 0 Å². The van der Waals surface area contributed by atoms with Crippen LogP contribution in [0.3, 0.4) is 0 Å². The number of nitrogens with zero attached hydrogens (tertiary/aromatic N) is 3. The second-order valence-electron chi connectivity index (χ2n) is 6.98. The molecule has 0 unspecified atom stereocenters. The molecule has 0 bridgehead atoms. The molecule has 0 aliphatic carbocycles. The maximum Gasteiger partial charge on any atom is 0.233 e. The molecule has 1 amide bonds. The van der Waals surface area contributed by atoms with Crippen LogP contribution in [0.25, 0.3) is 10.2 Å². The lowest BCUT2D eigenvalue weighted by Crippen LogP contribution is -2.39. The van der Waals surface area contributed by atoms with Crippen LogP contribution in [0.15, 0.2) is 54.6 Å². The van der Waals surface area contributed by atoms with Crippen molar-refractivity contribution in [3.8, 4) is 0 Å². The molecule has 0 spiro atoms. The summed E-state index contributed by atoms with van der Waals surface area (Å²) in [5.74, 6) is 0.104. The lowest BCUT2D eigenvalue weighted by atomic mass is 10.1. The molecule has 5 nitrogen and oxygen atoms in total. The van der Waals surface area contributed by atoms with Gasteiger partial charge in [-0.15, -0.1) is 12.4 Å². The third-order valence-corrected chi connectivity index (χ3v) is 6.03. The predicted octanol–water partition coefficient (Wildman–Crippen LogP) is 4.02. The summed E-state index contributed by atoms with van der Waals surface area (Å²) in [7, 11) is 0. The Morgan fingerprint density at radius 3 is 2.55 bits per heavy atom. The predicted molar refractivity (Wildman–Crippen MR) is 121 cm³/mol. The maximum absolute atomic E-state index is 13.1. The van der Waals surface area contributed by atoms with Crippen molar-refractivity contribution in [3.05, 3.63) is 60.2 Å². The number of ether oxygens (including phenoxy) is 1. The van der Waals surface area contributed by atoms with Gasteiger partial charge in [-0.25, -0.2) is 4.98 Å². The van der Waals surface area contributed by atoms with Crippen LogP contribution < -0.4 is 4.90 Å². The van der Waals surface area contributed by atoms with Gasteiger partial charge in [-0.05, 0) is 24.1 Å². The van der Waals surface area contributed by atoms with Crippen LogP contribution in [0.1, 0.15) is 12.0 Å². The zero-order chi connectivity index (χ0) is 19.2. The summed E-state index contributed by atoms with van der Waals surface area (Å²) in [6.45, 7) is 5.20.